The molecule has 0 radical (unpaired) electrons. The van der Waals surface area contributed by atoms with Crippen molar-refractivity contribution in [1.29, 1.82) is 0 Å². The van der Waals surface area contributed by atoms with Gasteiger partial charge < -0.3 is 0 Å². The molecule has 3 rings (SSSR count). The van der Waals surface area contributed by atoms with E-state index in [1.807, 2.05) is 0 Å². The van der Waals surface area contributed by atoms with Crippen molar-refractivity contribution >= 4 is 40.8 Å². The maximum absolute atomic E-state index is 12.3. The molecular formula is C14H8Cl2N2O2. The average molecular weight is 307 g/mol. The van der Waals surface area contributed by atoms with Crippen LogP contribution < -0.4 is 4.90 Å². The van der Waals surface area contributed by atoms with Crippen molar-refractivity contribution in [2.24, 2.45) is 0 Å². The second kappa shape index (κ2) is 4.58. The van der Waals surface area contributed by atoms with Gasteiger partial charge in [-0.05, 0) is 31.2 Å². The number of fused-ring (bicyclic) bond motifs is 1. The molecule has 0 aliphatic carbocycles. The van der Waals surface area contributed by atoms with Crippen LogP contribution in [0.2, 0.25) is 10.0 Å². The number of hydrogen-bond donors (Lipinski definition) is 0. The van der Waals surface area contributed by atoms with Crippen molar-refractivity contribution in [2.75, 3.05) is 4.90 Å². The molecular weight excluding hydrogens is 299 g/mol. The Morgan fingerprint density at radius 2 is 1.55 bits per heavy atom. The van der Waals surface area contributed by atoms with E-state index in [-0.39, 0.29) is 21.2 Å². The van der Waals surface area contributed by atoms with E-state index in [1.54, 1.807) is 25.1 Å². The van der Waals surface area contributed by atoms with E-state index >= 15 is 0 Å². The van der Waals surface area contributed by atoms with E-state index < -0.39 is 11.8 Å². The van der Waals surface area contributed by atoms with Crippen LogP contribution in [0, 0.1) is 6.92 Å². The lowest BCUT2D eigenvalue weighted by molar-refractivity contribution is 0.0925. The van der Waals surface area contributed by atoms with Gasteiger partial charge >= 0.3 is 0 Å². The molecule has 1 aromatic heterocycles. The van der Waals surface area contributed by atoms with Crippen LogP contribution in [0.3, 0.4) is 0 Å². The predicted molar refractivity (Wildman–Crippen MR) is 76.6 cm³/mol. The first-order valence-electron chi connectivity index (χ1n) is 5.80. The highest BCUT2D eigenvalue weighted by Crippen LogP contribution is 2.33. The number of halogens is 2. The number of carbonyl (C=O) groups is 2. The van der Waals surface area contributed by atoms with Gasteiger partial charge in [-0.2, -0.15) is 0 Å². The molecule has 2 heterocycles. The third-order valence-corrected chi connectivity index (χ3v) is 3.75. The number of hydrogen-bond acceptors (Lipinski definition) is 3. The number of aromatic nitrogens is 1. The van der Waals surface area contributed by atoms with Crippen molar-refractivity contribution < 1.29 is 9.59 Å². The fourth-order valence-electron chi connectivity index (χ4n) is 2.10. The molecule has 1 aliphatic rings. The van der Waals surface area contributed by atoms with Crippen LogP contribution in [0.4, 0.5) is 5.82 Å². The van der Waals surface area contributed by atoms with Gasteiger partial charge in [0.25, 0.3) is 11.8 Å². The highest BCUT2D eigenvalue weighted by atomic mass is 35.5. The molecule has 4 nitrogen and oxygen atoms in total. The first-order valence-corrected chi connectivity index (χ1v) is 6.56. The van der Waals surface area contributed by atoms with Gasteiger partial charge in [0.15, 0.2) is 0 Å². The molecule has 0 fully saturated rings. The van der Waals surface area contributed by atoms with E-state index in [9.17, 15) is 9.59 Å². The summed E-state index contributed by atoms with van der Waals surface area (Å²) in [7, 11) is 0. The standard InChI is InChI=1S/C14H8Cl2N2O2/c1-7-3-2-4-12(17-7)18-13(19)8-5-10(15)11(16)6-9(8)14(18)20/h2-6H,1H3. The Bertz CT molecular complexity index is 718. The molecule has 0 spiro atoms. The van der Waals surface area contributed by atoms with Crippen molar-refractivity contribution in [2.45, 2.75) is 6.92 Å². The molecule has 6 heteroatoms. The number of imide groups is 1. The fourth-order valence-corrected chi connectivity index (χ4v) is 2.42. The summed E-state index contributed by atoms with van der Waals surface area (Å²) < 4.78 is 0. The Labute approximate surface area is 124 Å². The lowest BCUT2D eigenvalue weighted by Crippen LogP contribution is -2.30. The largest absolute Gasteiger partial charge is 0.268 e. The van der Waals surface area contributed by atoms with Crippen molar-refractivity contribution in [1.82, 2.24) is 4.98 Å². The first kappa shape index (κ1) is 13.1. The number of aryl methyl sites for hydroxylation is 1. The Morgan fingerprint density at radius 3 is 2.05 bits per heavy atom. The van der Waals surface area contributed by atoms with Crippen LogP contribution in [0.1, 0.15) is 26.4 Å². The maximum Gasteiger partial charge on any atom is 0.267 e. The minimum Gasteiger partial charge on any atom is -0.268 e. The topological polar surface area (TPSA) is 50.3 Å². The molecule has 0 saturated heterocycles. The highest BCUT2D eigenvalue weighted by molar-refractivity contribution is 6.44. The summed E-state index contributed by atoms with van der Waals surface area (Å²) in [6, 6.07) is 7.96. The van der Waals surface area contributed by atoms with E-state index in [0.717, 1.165) is 10.6 Å². The summed E-state index contributed by atoms with van der Waals surface area (Å²) in [6.07, 6.45) is 0. The summed E-state index contributed by atoms with van der Waals surface area (Å²) in [5.74, 6) is -0.591. The van der Waals surface area contributed by atoms with Crippen LogP contribution in [0.15, 0.2) is 30.3 Å². The molecule has 0 bridgehead atoms. The molecule has 0 N–H and O–H groups in total. The molecule has 2 aromatic rings. The van der Waals surface area contributed by atoms with E-state index in [4.69, 9.17) is 23.2 Å². The molecule has 0 atom stereocenters. The van der Waals surface area contributed by atoms with Gasteiger partial charge in [-0.3, -0.25) is 9.59 Å². The number of rotatable bonds is 1. The van der Waals surface area contributed by atoms with Crippen LogP contribution in [-0.2, 0) is 0 Å². The van der Waals surface area contributed by atoms with Crippen LogP contribution in [0.5, 0.6) is 0 Å². The van der Waals surface area contributed by atoms with Crippen molar-refractivity contribution in [3.8, 4) is 0 Å². The first-order chi connectivity index (χ1) is 9.49. The van der Waals surface area contributed by atoms with Gasteiger partial charge in [-0.1, -0.05) is 29.3 Å². The number of benzene rings is 1. The maximum atomic E-state index is 12.3. The molecule has 1 aromatic carbocycles. The lowest BCUT2D eigenvalue weighted by atomic mass is 10.1. The van der Waals surface area contributed by atoms with Gasteiger partial charge in [-0.25, -0.2) is 9.88 Å². The molecule has 0 unspecified atom stereocenters. The third kappa shape index (κ3) is 1.88. The number of amides is 2. The van der Waals surface area contributed by atoms with Gasteiger partial charge in [0, 0.05) is 5.69 Å². The molecule has 100 valence electrons. The van der Waals surface area contributed by atoms with E-state index in [0.29, 0.717) is 5.82 Å². The quantitative estimate of drug-likeness (QED) is 0.758. The minimum atomic E-state index is -0.443. The zero-order valence-electron chi connectivity index (χ0n) is 10.4. The number of anilines is 1. The second-order valence-corrected chi connectivity index (χ2v) is 5.21. The van der Waals surface area contributed by atoms with Crippen molar-refractivity contribution in [3.05, 3.63) is 57.2 Å². The molecule has 20 heavy (non-hydrogen) atoms. The normalized spacial score (nSPS) is 13.8. The summed E-state index contributed by atoms with van der Waals surface area (Å²) in [5, 5.41) is 0.483. The zero-order chi connectivity index (χ0) is 14.4. The Morgan fingerprint density at radius 1 is 1.00 bits per heavy atom. The van der Waals surface area contributed by atoms with Gasteiger partial charge in [0.1, 0.15) is 5.82 Å². The van der Waals surface area contributed by atoms with Gasteiger partial charge in [-0.15, -0.1) is 0 Å². The molecule has 1 aliphatic heterocycles. The lowest BCUT2D eigenvalue weighted by Gasteiger charge is -2.12. The summed E-state index contributed by atoms with van der Waals surface area (Å²) in [6.45, 7) is 1.79. The number of nitrogens with zero attached hydrogens (tertiary/aromatic N) is 2. The highest BCUT2D eigenvalue weighted by Gasteiger charge is 2.38. The van der Waals surface area contributed by atoms with E-state index in [1.165, 1.54) is 12.1 Å². The van der Waals surface area contributed by atoms with Gasteiger partial charge in [0.05, 0.1) is 21.2 Å². The number of carbonyl (C=O) groups excluding carboxylic acids is 2. The number of pyridine rings is 1. The van der Waals surface area contributed by atoms with Gasteiger partial charge in [0.2, 0.25) is 0 Å². The Balaban J connectivity index is 2.14. The van der Waals surface area contributed by atoms with E-state index in [2.05, 4.69) is 4.98 Å². The Hall–Kier alpha value is -1.91. The second-order valence-electron chi connectivity index (χ2n) is 4.39. The molecule has 0 saturated carbocycles. The summed E-state index contributed by atoms with van der Waals surface area (Å²) in [5.41, 5.74) is 1.20. The van der Waals surface area contributed by atoms with Crippen LogP contribution in [-0.4, -0.2) is 16.8 Å². The minimum absolute atomic E-state index is 0.241. The molecule has 2 amide bonds. The summed E-state index contributed by atoms with van der Waals surface area (Å²) in [4.78, 5) is 29.9. The van der Waals surface area contributed by atoms with Crippen molar-refractivity contribution in [3.63, 3.8) is 0 Å². The monoisotopic (exact) mass is 306 g/mol. The average Bonchev–Trinajstić information content (AvgIpc) is 2.63. The predicted octanol–water partition coefficient (Wildman–Crippen LogP) is 3.50. The smallest absolute Gasteiger partial charge is 0.267 e. The SMILES string of the molecule is Cc1cccc(N2C(=O)c3cc(Cl)c(Cl)cc3C2=O)n1. The third-order valence-electron chi connectivity index (χ3n) is 3.03. The zero-order valence-corrected chi connectivity index (χ0v) is 11.9. The van der Waals surface area contributed by atoms with Crippen LogP contribution >= 0.6 is 23.2 Å². The summed E-state index contributed by atoms with van der Waals surface area (Å²) >= 11 is 11.8. The Kier molecular flexibility index (Phi) is 3.00. The van der Waals surface area contributed by atoms with Crippen LogP contribution in [0.25, 0.3) is 0 Å². The fraction of sp³-hybridized carbons (Fsp3) is 0.0714.